The molecule has 2 aromatic heterocycles. The lowest BCUT2D eigenvalue weighted by Gasteiger charge is -2.24. The van der Waals surface area contributed by atoms with Crippen LogP contribution in [-0.2, 0) is 18.4 Å². The van der Waals surface area contributed by atoms with Gasteiger partial charge in [-0.25, -0.2) is 0 Å². The van der Waals surface area contributed by atoms with Gasteiger partial charge >= 0.3 is 0 Å². The number of pyridine rings is 1. The molecule has 1 aliphatic heterocycles. The second-order valence-electron chi connectivity index (χ2n) is 6.46. The second kappa shape index (κ2) is 7.04. The molecule has 0 spiro atoms. The third-order valence-corrected chi connectivity index (χ3v) is 4.49. The van der Waals surface area contributed by atoms with Crippen LogP contribution in [0.1, 0.15) is 53.1 Å². The van der Waals surface area contributed by atoms with Crippen LogP contribution in [0.4, 0.5) is 0 Å². The highest BCUT2D eigenvalue weighted by Gasteiger charge is 2.32. The van der Waals surface area contributed by atoms with Crippen LogP contribution in [0.5, 0.6) is 0 Å². The second-order valence-corrected chi connectivity index (χ2v) is 6.46. The molecule has 7 heteroatoms. The zero-order valence-corrected chi connectivity index (χ0v) is 14.8. The molecule has 0 aromatic carbocycles. The van der Waals surface area contributed by atoms with Crippen LogP contribution in [-0.4, -0.2) is 38.0 Å². The van der Waals surface area contributed by atoms with Gasteiger partial charge in [-0.3, -0.25) is 19.3 Å². The van der Waals surface area contributed by atoms with Gasteiger partial charge in [0.25, 0.3) is 5.91 Å². The quantitative estimate of drug-likeness (QED) is 0.918. The molecule has 1 N–H and O–H groups in total. The van der Waals surface area contributed by atoms with Crippen molar-refractivity contribution in [2.75, 3.05) is 6.54 Å². The van der Waals surface area contributed by atoms with E-state index in [0.29, 0.717) is 12.1 Å². The molecular weight excluding hydrogens is 318 g/mol. The van der Waals surface area contributed by atoms with Crippen molar-refractivity contribution in [1.82, 2.24) is 25.0 Å². The van der Waals surface area contributed by atoms with Crippen LogP contribution in [0.2, 0.25) is 0 Å². The van der Waals surface area contributed by atoms with Crippen molar-refractivity contribution in [1.29, 1.82) is 0 Å². The topological polar surface area (TPSA) is 80.1 Å². The molecule has 3 heterocycles. The number of aryl methyl sites for hydroxylation is 2. The minimum atomic E-state index is -0.0662. The summed E-state index contributed by atoms with van der Waals surface area (Å²) in [7, 11) is 1.82. The summed E-state index contributed by atoms with van der Waals surface area (Å²) in [6.07, 6.45) is 5.41. The first kappa shape index (κ1) is 17.1. The van der Waals surface area contributed by atoms with Gasteiger partial charge in [-0.1, -0.05) is 6.07 Å². The standard InChI is InChI=1S/C18H23N5O2/c1-12-15(11-22(3)21-12)18(25)23-8-4-5-17(23)16-7-6-14(10-20-16)9-19-13(2)24/h6-7,10-11,17H,4-5,8-9H2,1-3H3,(H,19,24)/t17-/m0/s1. The van der Waals surface area contributed by atoms with Crippen LogP contribution in [0, 0.1) is 6.92 Å². The van der Waals surface area contributed by atoms with Crippen LogP contribution in [0.3, 0.4) is 0 Å². The Morgan fingerprint density at radius 3 is 2.76 bits per heavy atom. The molecule has 2 aromatic rings. The summed E-state index contributed by atoms with van der Waals surface area (Å²) in [6.45, 7) is 4.54. The first-order valence-electron chi connectivity index (χ1n) is 8.46. The molecule has 0 saturated carbocycles. The number of hydrogen-bond donors (Lipinski definition) is 1. The van der Waals surface area contributed by atoms with E-state index in [2.05, 4.69) is 15.4 Å². The highest BCUT2D eigenvalue weighted by molar-refractivity contribution is 5.95. The predicted molar refractivity (Wildman–Crippen MR) is 92.7 cm³/mol. The van der Waals surface area contributed by atoms with Gasteiger partial charge < -0.3 is 10.2 Å². The molecule has 25 heavy (non-hydrogen) atoms. The Morgan fingerprint density at radius 1 is 1.36 bits per heavy atom. The smallest absolute Gasteiger partial charge is 0.257 e. The Balaban J connectivity index is 1.76. The largest absolute Gasteiger partial charge is 0.352 e. The van der Waals surface area contributed by atoms with E-state index in [9.17, 15) is 9.59 Å². The number of carbonyl (C=O) groups is 2. The van der Waals surface area contributed by atoms with E-state index in [1.54, 1.807) is 17.1 Å². The van der Waals surface area contributed by atoms with E-state index in [-0.39, 0.29) is 17.9 Å². The predicted octanol–water partition coefficient (Wildman–Crippen LogP) is 1.74. The van der Waals surface area contributed by atoms with E-state index in [1.165, 1.54) is 6.92 Å². The molecule has 1 atom stereocenters. The van der Waals surface area contributed by atoms with Gasteiger partial charge in [-0.15, -0.1) is 0 Å². The van der Waals surface area contributed by atoms with Crippen LogP contribution < -0.4 is 5.32 Å². The molecule has 1 fully saturated rings. The van der Waals surface area contributed by atoms with Gasteiger partial charge in [-0.05, 0) is 31.4 Å². The van der Waals surface area contributed by atoms with Crippen molar-refractivity contribution in [2.24, 2.45) is 7.05 Å². The number of rotatable bonds is 4. The molecule has 7 nitrogen and oxygen atoms in total. The first-order chi connectivity index (χ1) is 12.0. The average molecular weight is 341 g/mol. The van der Waals surface area contributed by atoms with E-state index in [4.69, 9.17) is 0 Å². The number of carbonyl (C=O) groups excluding carboxylic acids is 2. The third kappa shape index (κ3) is 3.70. The van der Waals surface area contributed by atoms with E-state index < -0.39 is 0 Å². The Labute approximate surface area is 147 Å². The summed E-state index contributed by atoms with van der Waals surface area (Å²) >= 11 is 0. The number of hydrogen-bond acceptors (Lipinski definition) is 4. The summed E-state index contributed by atoms with van der Waals surface area (Å²) in [5, 5.41) is 7.02. The summed E-state index contributed by atoms with van der Waals surface area (Å²) in [6, 6.07) is 3.89. The Morgan fingerprint density at radius 2 is 2.16 bits per heavy atom. The molecule has 0 unspecified atom stereocenters. The highest BCUT2D eigenvalue weighted by atomic mass is 16.2. The molecule has 0 radical (unpaired) electrons. The van der Waals surface area contributed by atoms with Crippen molar-refractivity contribution in [3.05, 3.63) is 47.0 Å². The van der Waals surface area contributed by atoms with Crippen molar-refractivity contribution in [2.45, 2.75) is 39.3 Å². The molecule has 132 valence electrons. The van der Waals surface area contributed by atoms with E-state index >= 15 is 0 Å². The van der Waals surface area contributed by atoms with Gasteiger partial charge in [-0.2, -0.15) is 5.10 Å². The summed E-state index contributed by atoms with van der Waals surface area (Å²) in [5.74, 6) is -0.0549. The zero-order valence-electron chi connectivity index (χ0n) is 14.8. The number of nitrogens with zero attached hydrogens (tertiary/aromatic N) is 4. The fourth-order valence-electron chi connectivity index (χ4n) is 3.25. The molecule has 2 amide bonds. The van der Waals surface area contributed by atoms with Crippen molar-refractivity contribution in [3.8, 4) is 0 Å². The summed E-state index contributed by atoms with van der Waals surface area (Å²) in [4.78, 5) is 30.3. The Kier molecular flexibility index (Phi) is 4.83. The Hall–Kier alpha value is -2.70. The fourth-order valence-corrected chi connectivity index (χ4v) is 3.25. The number of amides is 2. The molecule has 0 aliphatic carbocycles. The minimum Gasteiger partial charge on any atom is -0.352 e. The van der Waals surface area contributed by atoms with Crippen LogP contribution in [0.25, 0.3) is 0 Å². The van der Waals surface area contributed by atoms with Crippen molar-refractivity contribution < 1.29 is 9.59 Å². The number of aromatic nitrogens is 3. The van der Waals surface area contributed by atoms with Gasteiger partial charge in [0, 0.05) is 39.5 Å². The number of likely N-dealkylation sites (tertiary alicyclic amines) is 1. The maximum Gasteiger partial charge on any atom is 0.257 e. The highest BCUT2D eigenvalue weighted by Crippen LogP contribution is 2.32. The van der Waals surface area contributed by atoms with Gasteiger partial charge in [0.15, 0.2) is 0 Å². The number of nitrogens with one attached hydrogen (secondary N) is 1. The monoisotopic (exact) mass is 341 g/mol. The minimum absolute atomic E-state index is 0.0113. The maximum absolute atomic E-state index is 12.9. The molecular formula is C18H23N5O2. The molecule has 1 saturated heterocycles. The molecule has 1 aliphatic rings. The fraction of sp³-hybridized carbons (Fsp3) is 0.444. The zero-order chi connectivity index (χ0) is 18.0. The van der Waals surface area contributed by atoms with Crippen molar-refractivity contribution in [3.63, 3.8) is 0 Å². The van der Waals surface area contributed by atoms with Gasteiger partial charge in [0.05, 0.1) is 23.0 Å². The lowest BCUT2D eigenvalue weighted by molar-refractivity contribution is -0.119. The summed E-state index contributed by atoms with van der Waals surface area (Å²) in [5.41, 5.74) is 3.23. The Bertz CT molecular complexity index is 781. The lowest BCUT2D eigenvalue weighted by Crippen LogP contribution is -2.31. The summed E-state index contributed by atoms with van der Waals surface area (Å²) < 4.78 is 1.67. The van der Waals surface area contributed by atoms with Gasteiger partial charge in [0.2, 0.25) is 5.91 Å². The first-order valence-corrected chi connectivity index (χ1v) is 8.46. The SMILES string of the molecule is CC(=O)NCc1ccc([C@@H]2CCCN2C(=O)c2cn(C)nc2C)nc1. The van der Waals surface area contributed by atoms with E-state index in [1.807, 2.05) is 31.0 Å². The average Bonchev–Trinajstić information content (AvgIpc) is 3.19. The molecule has 0 bridgehead atoms. The van der Waals surface area contributed by atoms with E-state index in [0.717, 1.165) is 36.3 Å². The normalized spacial score (nSPS) is 16.9. The van der Waals surface area contributed by atoms with Crippen LogP contribution >= 0.6 is 0 Å². The van der Waals surface area contributed by atoms with Crippen molar-refractivity contribution >= 4 is 11.8 Å². The van der Waals surface area contributed by atoms with Gasteiger partial charge in [0.1, 0.15) is 0 Å². The third-order valence-electron chi connectivity index (χ3n) is 4.49. The lowest BCUT2D eigenvalue weighted by atomic mass is 10.1. The molecule has 3 rings (SSSR count). The maximum atomic E-state index is 12.9. The van der Waals surface area contributed by atoms with Crippen LogP contribution in [0.15, 0.2) is 24.5 Å².